The zero-order chi connectivity index (χ0) is 16.4. The van der Waals surface area contributed by atoms with Crippen molar-refractivity contribution in [2.75, 3.05) is 13.7 Å². The molecule has 0 aromatic heterocycles. The lowest BCUT2D eigenvalue weighted by atomic mass is 10.2. The first-order valence-electron chi connectivity index (χ1n) is 7.51. The maximum Gasteiger partial charge on any atom is 0.330 e. The van der Waals surface area contributed by atoms with Crippen LogP contribution in [0.3, 0.4) is 0 Å². The van der Waals surface area contributed by atoms with Crippen LogP contribution in [0.15, 0.2) is 0 Å². The van der Waals surface area contributed by atoms with Crippen molar-refractivity contribution in [1.29, 1.82) is 0 Å². The molecule has 0 saturated heterocycles. The second kappa shape index (κ2) is 6.48. The lowest BCUT2D eigenvalue weighted by Crippen LogP contribution is -2.50. The van der Waals surface area contributed by atoms with E-state index in [4.69, 9.17) is 9.16 Å². The van der Waals surface area contributed by atoms with Crippen molar-refractivity contribution < 1.29 is 18.8 Å². The van der Waals surface area contributed by atoms with E-state index in [1.54, 1.807) is 0 Å². The highest BCUT2D eigenvalue weighted by atomic mass is 28.4. The van der Waals surface area contributed by atoms with Crippen molar-refractivity contribution in [3.05, 3.63) is 0 Å². The average molecular weight is 315 g/mol. The van der Waals surface area contributed by atoms with E-state index in [1.807, 2.05) is 6.92 Å². The third-order valence-corrected chi connectivity index (χ3v) is 9.17. The summed E-state index contributed by atoms with van der Waals surface area (Å²) in [6, 6.07) is -0.718. The van der Waals surface area contributed by atoms with Crippen molar-refractivity contribution in [2.45, 2.75) is 58.3 Å². The number of hydrogen-bond acceptors (Lipinski definition) is 4. The molecule has 6 heteroatoms. The lowest BCUT2D eigenvalue weighted by molar-refractivity contribution is -0.146. The average Bonchev–Trinajstić information content (AvgIpc) is 3.09. The van der Waals surface area contributed by atoms with Crippen LogP contribution in [0.4, 0.5) is 0 Å². The summed E-state index contributed by atoms with van der Waals surface area (Å²) in [6.07, 6.45) is 0.892. The first-order chi connectivity index (χ1) is 9.49. The van der Waals surface area contributed by atoms with E-state index in [-0.39, 0.29) is 23.5 Å². The molecule has 3 atom stereocenters. The summed E-state index contributed by atoms with van der Waals surface area (Å²) in [4.78, 5) is 23.8. The molecule has 0 unspecified atom stereocenters. The zero-order valence-electron chi connectivity index (χ0n) is 14.3. The van der Waals surface area contributed by atoms with Crippen LogP contribution in [0.5, 0.6) is 0 Å². The number of nitrogens with one attached hydrogen (secondary N) is 1. The summed E-state index contributed by atoms with van der Waals surface area (Å²) >= 11 is 0. The second-order valence-corrected chi connectivity index (χ2v) is 12.3. The van der Waals surface area contributed by atoms with Crippen LogP contribution in [0.2, 0.25) is 18.1 Å². The Morgan fingerprint density at radius 3 is 2.24 bits per heavy atom. The SMILES string of the molecule is COC(=O)[C@H](CO[Si](C)(C)C(C)(C)C)NC(=O)[C@@H]1C[C@@H]1C. The molecule has 1 saturated carbocycles. The topological polar surface area (TPSA) is 64.6 Å². The largest absolute Gasteiger partial charge is 0.467 e. The van der Waals surface area contributed by atoms with Crippen LogP contribution in [0.1, 0.15) is 34.1 Å². The van der Waals surface area contributed by atoms with Gasteiger partial charge >= 0.3 is 5.97 Å². The van der Waals surface area contributed by atoms with Gasteiger partial charge in [0.15, 0.2) is 8.32 Å². The van der Waals surface area contributed by atoms with Crippen LogP contribution in [-0.2, 0) is 18.8 Å². The van der Waals surface area contributed by atoms with E-state index in [0.717, 1.165) is 6.42 Å². The Bertz CT molecular complexity index is 403. The molecule has 21 heavy (non-hydrogen) atoms. The Labute approximate surface area is 128 Å². The van der Waals surface area contributed by atoms with Crippen molar-refractivity contribution >= 4 is 20.2 Å². The molecule has 1 rings (SSSR count). The van der Waals surface area contributed by atoms with E-state index >= 15 is 0 Å². The molecule has 0 bridgehead atoms. The Hall–Kier alpha value is -0.883. The molecule has 0 aromatic rings. The normalized spacial score (nSPS) is 23.4. The van der Waals surface area contributed by atoms with Crippen molar-refractivity contribution in [1.82, 2.24) is 5.32 Å². The van der Waals surface area contributed by atoms with Crippen molar-refractivity contribution in [3.8, 4) is 0 Å². The van der Waals surface area contributed by atoms with E-state index in [9.17, 15) is 9.59 Å². The fourth-order valence-electron chi connectivity index (χ4n) is 1.79. The first kappa shape index (κ1) is 18.2. The highest BCUT2D eigenvalue weighted by molar-refractivity contribution is 6.74. The molecule has 5 nitrogen and oxygen atoms in total. The van der Waals surface area contributed by atoms with E-state index < -0.39 is 20.3 Å². The van der Waals surface area contributed by atoms with Gasteiger partial charge in [0.2, 0.25) is 5.91 Å². The summed E-state index contributed by atoms with van der Waals surface area (Å²) in [6.45, 7) is 12.8. The van der Waals surface area contributed by atoms with Gasteiger partial charge in [0.25, 0.3) is 0 Å². The van der Waals surface area contributed by atoms with Crippen molar-refractivity contribution in [3.63, 3.8) is 0 Å². The molecule has 122 valence electrons. The highest BCUT2D eigenvalue weighted by Gasteiger charge is 2.42. The number of hydrogen-bond donors (Lipinski definition) is 1. The van der Waals surface area contributed by atoms with Gasteiger partial charge in [-0.3, -0.25) is 4.79 Å². The van der Waals surface area contributed by atoms with Gasteiger partial charge < -0.3 is 14.5 Å². The van der Waals surface area contributed by atoms with Gasteiger partial charge in [0, 0.05) is 5.92 Å². The molecular weight excluding hydrogens is 286 g/mol. The van der Waals surface area contributed by atoms with E-state index in [0.29, 0.717) is 5.92 Å². The summed E-state index contributed by atoms with van der Waals surface area (Å²) in [7, 11) is -0.635. The minimum atomic E-state index is -1.96. The number of ether oxygens (including phenoxy) is 1. The molecule has 1 fully saturated rings. The van der Waals surface area contributed by atoms with E-state index in [1.165, 1.54) is 7.11 Å². The Morgan fingerprint density at radius 2 is 1.86 bits per heavy atom. The smallest absolute Gasteiger partial charge is 0.330 e. The molecule has 0 aliphatic heterocycles. The van der Waals surface area contributed by atoms with Crippen LogP contribution < -0.4 is 5.32 Å². The monoisotopic (exact) mass is 315 g/mol. The van der Waals surface area contributed by atoms with Gasteiger partial charge in [-0.15, -0.1) is 0 Å². The molecule has 0 spiro atoms. The van der Waals surface area contributed by atoms with Gasteiger partial charge in [0.05, 0.1) is 13.7 Å². The molecule has 0 heterocycles. The number of amides is 1. The Balaban J connectivity index is 2.62. The summed E-state index contributed by atoms with van der Waals surface area (Å²) < 4.78 is 10.8. The number of carbonyl (C=O) groups is 2. The molecule has 1 aliphatic rings. The minimum Gasteiger partial charge on any atom is -0.467 e. The first-order valence-corrected chi connectivity index (χ1v) is 10.4. The number of carbonyl (C=O) groups excluding carboxylic acids is 2. The Kier molecular flexibility index (Phi) is 5.61. The summed E-state index contributed by atoms with van der Waals surface area (Å²) in [5.41, 5.74) is 0. The van der Waals surface area contributed by atoms with Gasteiger partial charge in [0.1, 0.15) is 6.04 Å². The predicted octanol–water partition coefficient (Wildman–Crippen LogP) is 2.32. The van der Waals surface area contributed by atoms with Crippen molar-refractivity contribution in [2.24, 2.45) is 11.8 Å². The molecule has 0 aromatic carbocycles. The fourth-order valence-corrected chi connectivity index (χ4v) is 2.80. The number of methoxy groups -OCH3 is 1. The second-order valence-electron chi connectivity index (χ2n) is 7.48. The Morgan fingerprint density at radius 1 is 1.33 bits per heavy atom. The molecule has 1 amide bonds. The molecule has 1 N–H and O–H groups in total. The number of rotatable bonds is 6. The van der Waals surface area contributed by atoms with Gasteiger partial charge in [-0.2, -0.15) is 0 Å². The molecular formula is C15H29NO4Si. The molecule has 0 radical (unpaired) electrons. The summed E-state index contributed by atoms with van der Waals surface area (Å²) in [5.74, 6) is -0.0817. The maximum absolute atomic E-state index is 12.0. The summed E-state index contributed by atoms with van der Waals surface area (Å²) in [5, 5.41) is 2.83. The highest BCUT2D eigenvalue weighted by Crippen LogP contribution is 2.38. The van der Waals surface area contributed by atoms with Crippen LogP contribution in [-0.4, -0.2) is 40.0 Å². The zero-order valence-corrected chi connectivity index (χ0v) is 15.3. The fraction of sp³-hybridized carbons (Fsp3) is 0.867. The lowest BCUT2D eigenvalue weighted by Gasteiger charge is -2.37. The van der Waals surface area contributed by atoms with Gasteiger partial charge in [-0.25, -0.2) is 4.79 Å². The van der Waals surface area contributed by atoms with Crippen LogP contribution in [0, 0.1) is 11.8 Å². The predicted molar refractivity (Wildman–Crippen MR) is 84.4 cm³/mol. The van der Waals surface area contributed by atoms with Gasteiger partial charge in [-0.05, 0) is 30.5 Å². The third-order valence-electron chi connectivity index (χ3n) is 4.67. The quantitative estimate of drug-likeness (QED) is 0.603. The van der Waals surface area contributed by atoms with Gasteiger partial charge in [-0.1, -0.05) is 27.7 Å². The van der Waals surface area contributed by atoms with Crippen LogP contribution >= 0.6 is 0 Å². The maximum atomic E-state index is 12.0. The third kappa shape index (κ3) is 4.81. The van der Waals surface area contributed by atoms with E-state index in [2.05, 4.69) is 39.2 Å². The minimum absolute atomic E-state index is 0.0324. The number of esters is 1. The standard InChI is InChI=1S/C15H29NO4Si/c1-10-8-11(10)13(17)16-12(14(18)19-5)9-20-21(6,7)15(2,3)4/h10-12H,8-9H2,1-7H3,(H,16,17)/t10-,11+,12-/m0/s1. The molecule has 1 aliphatic carbocycles. The van der Waals surface area contributed by atoms with Crippen LogP contribution in [0.25, 0.3) is 0 Å².